The third-order valence-corrected chi connectivity index (χ3v) is 5.28. The van der Waals surface area contributed by atoms with Gasteiger partial charge in [-0.05, 0) is 49.2 Å². The third-order valence-electron chi connectivity index (χ3n) is 3.84. The number of ether oxygens (including phenoxy) is 2. The Morgan fingerprint density at radius 1 is 1.15 bits per heavy atom. The zero-order valence-corrected chi connectivity index (χ0v) is 16.3. The second-order valence-corrected chi connectivity index (χ2v) is 7.74. The number of benzene rings is 2. The highest BCUT2D eigenvalue weighted by Crippen LogP contribution is 2.13. The molecule has 0 radical (unpaired) electrons. The van der Waals surface area contributed by atoms with Crippen LogP contribution in [-0.2, 0) is 22.1 Å². The van der Waals surface area contributed by atoms with Crippen LogP contribution in [0.2, 0.25) is 0 Å². The maximum absolute atomic E-state index is 12.3. The second-order valence-electron chi connectivity index (χ2n) is 6.25. The fourth-order valence-corrected chi connectivity index (χ4v) is 3.46. The lowest BCUT2D eigenvalue weighted by molar-refractivity contribution is 0.141. The highest BCUT2D eigenvalue weighted by Gasteiger charge is 2.10. The molecule has 0 saturated carbocycles. The zero-order chi connectivity index (χ0) is 18.9. The molecule has 2 rings (SSSR count). The predicted molar refractivity (Wildman–Crippen MR) is 105 cm³/mol. The molecule has 2 aromatic carbocycles. The average Bonchev–Trinajstić information content (AvgIpc) is 2.62. The Bertz CT molecular complexity index is 736. The van der Waals surface area contributed by atoms with E-state index in [0.29, 0.717) is 13.2 Å². The fourth-order valence-electron chi connectivity index (χ4n) is 2.42. The molecular weight excluding hydrogens is 348 g/mol. The fraction of sp³-hybridized carbons (Fsp3) is 0.333. The van der Waals surface area contributed by atoms with Gasteiger partial charge in [0.25, 0.3) is 0 Å². The number of methoxy groups -OCH3 is 1. The Hall–Kier alpha value is -1.95. The molecule has 2 aromatic rings. The van der Waals surface area contributed by atoms with E-state index in [1.54, 1.807) is 13.2 Å². The summed E-state index contributed by atoms with van der Waals surface area (Å²) in [5, 5.41) is 10.1. The molecule has 0 aromatic heterocycles. The van der Waals surface area contributed by atoms with Crippen molar-refractivity contribution < 1.29 is 18.8 Å². The number of aryl methyl sites for hydroxylation is 1. The van der Waals surface area contributed by atoms with Gasteiger partial charge in [0.05, 0.1) is 43.0 Å². The van der Waals surface area contributed by atoms with Crippen molar-refractivity contribution >= 4 is 10.8 Å². The van der Waals surface area contributed by atoms with Crippen molar-refractivity contribution in [1.82, 2.24) is 0 Å². The van der Waals surface area contributed by atoms with Crippen molar-refractivity contribution in [2.45, 2.75) is 31.5 Å². The Kier molecular flexibility index (Phi) is 8.04. The zero-order valence-electron chi connectivity index (χ0n) is 15.5. The van der Waals surface area contributed by atoms with E-state index in [1.165, 1.54) is 0 Å². The molecule has 0 aliphatic heterocycles. The van der Waals surface area contributed by atoms with Crippen LogP contribution in [0.25, 0.3) is 0 Å². The third kappa shape index (κ3) is 6.75. The van der Waals surface area contributed by atoms with Gasteiger partial charge in [-0.15, -0.1) is 0 Å². The summed E-state index contributed by atoms with van der Waals surface area (Å²) < 4.78 is 23.1. The SMILES string of the molecule is COc1ccc(COC/C(C)=C/[C@H](O)CS(=O)c2ccc(C)cc2)cc1. The maximum atomic E-state index is 12.3. The highest BCUT2D eigenvalue weighted by molar-refractivity contribution is 7.85. The average molecular weight is 375 g/mol. The molecule has 0 bridgehead atoms. The van der Waals surface area contributed by atoms with Crippen LogP contribution in [0.3, 0.4) is 0 Å². The lowest BCUT2D eigenvalue weighted by atomic mass is 10.2. The summed E-state index contributed by atoms with van der Waals surface area (Å²) in [5.41, 5.74) is 3.09. The minimum absolute atomic E-state index is 0.179. The second kappa shape index (κ2) is 10.3. The molecule has 1 unspecified atom stereocenters. The van der Waals surface area contributed by atoms with E-state index in [9.17, 15) is 9.32 Å². The summed E-state index contributed by atoms with van der Waals surface area (Å²) >= 11 is 0. The summed E-state index contributed by atoms with van der Waals surface area (Å²) in [4.78, 5) is 0.733. The van der Waals surface area contributed by atoms with E-state index in [2.05, 4.69) is 0 Å². The molecule has 0 aliphatic carbocycles. The molecule has 0 amide bonds. The molecule has 0 aliphatic rings. The van der Waals surface area contributed by atoms with Gasteiger partial charge in [0.2, 0.25) is 0 Å². The summed E-state index contributed by atoms with van der Waals surface area (Å²) in [6, 6.07) is 15.2. The lowest BCUT2D eigenvalue weighted by Crippen LogP contribution is -2.15. The van der Waals surface area contributed by atoms with Gasteiger partial charge in [-0.3, -0.25) is 4.21 Å². The van der Waals surface area contributed by atoms with Crippen LogP contribution in [0, 0.1) is 6.92 Å². The molecule has 0 heterocycles. The van der Waals surface area contributed by atoms with Gasteiger partial charge < -0.3 is 14.6 Å². The summed E-state index contributed by atoms with van der Waals surface area (Å²) in [5.74, 6) is 0.994. The highest BCUT2D eigenvalue weighted by atomic mass is 32.2. The number of aliphatic hydroxyl groups is 1. The van der Waals surface area contributed by atoms with Crippen LogP contribution in [0.1, 0.15) is 18.1 Å². The maximum Gasteiger partial charge on any atom is 0.118 e. The molecule has 1 N–H and O–H groups in total. The molecule has 140 valence electrons. The van der Waals surface area contributed by atoms with Crippen molar-refractivity contribution in [2.24, 2.45) is 0 Å². The number of hydrogen-bond acceptors (Lipinski definition) is 4. The van der Waals surface area contributed by atoms with Crippen LogP contribution in [0.4, 0.5) is 0 Å². The van der Waals surface area contributed by atoms with E-state index in [-0.39, 0.29) is 5.75 Å². The predicted octanol–water partition coefficient (Wildman–Crippen LogP) is 3.64. The molecule has 2 atom stereocenters. The van der Waals surface area contributed by atoms with E-state index < -0.39 is 16.9 Å². The minimum Gasteiger partial charge on any atom is -0.497 e. The minimum atomic E-state index is -1.22. The standard InChI is InChI=1S/C21H26O4S/c1-16-4-10-21(11-5-16)26(23)15-19(22)12-17(2)13-25-14-18-6-8-20(24-3)9-7-18/h4-12,19,22H,13-15H2,1-3H3/b17-12+/t19-,26?/m0/s1. The Labute approximate surface area is 157 Å². The van der Waals surface area contributed by atoms with Crippen LogP contribution in [-0.4, -0.2) is 34.9 Å². The molecule has 0 fully saturated rings. The van der Waals surface area contributed by atoms with Crippen molar-refractivity contribution in [1.29, 1.82) is 0 Å². The van der Waals surface area contributed by atoms with E-state index in [0.717, 1.165) is 27.3 Å². The molecular formula is C21H26O4S. The quantitative estimate of drug-likeness (QED) is 0.681. The number of hydrogen-bond donors (Lipinski definition) is 1. The van der Waals surface area contributed by atoms with Crippen LogP contribution < -0.4 is 4.74 Å². The van der Waals surface area contributed by atoms with Crippen LogP contribution in [0.5, 0.6) is 5.75 Å². The first-order valence-corrected chi connectivity index (χ1v) is 9.81. The van der Waals surface area contributed by atoms with Crippen molar-refractivity contribution in [3.8, 4) is 5.75 Å². The van der Waals surface area contributed by atoms with Crippen LogP contribution in [0.15, 0.2) is 65.1 Å². The van der Waals surface area contributed by atoms with Gasteiger partial charge >= 0.3 is 0 Å². The summed E-state index contributed by atoms with van der Waals surface area (Å²) in [7, 11) is 0.412. The summed E-state index contributed by atoms with van der Waals surface area (Å²) in [6.07, 6.45) is 0.946. The molecule has 0 spiro atoms. The van der Waals surface area contributed by atoms with Gasteiger partial charge in [-0.2, -0.15) is 0 Å². The van der Waals surface area contributed by atoms with E-state index >= 15 is 0 Å². The largest absolute Gasteiger partial charge is 0.497 e. The van der Waals surface area contributed by atoms with Gasteiger partial charge in [0.15, 0.2) is 0 Å². The van der Waals surface area contributed by atoms with Gasteiger partial charge in [0.1, 0.15) is 5.75 Å². The normalized spacial score (nSPS) is 14.1. The van der Waals surface area contributed by atoms with Crippen molar-refractivity contribution in [3.05, 3.63) is 71.3 Å². The summed E-state index contributed by atoms with van der Waals surface area (Å²) in [6.45, 7) is 4.78. The molecule has 0 saturated heterocycles. The first-order valence-electron chi connectivity index (χ1n) is 8.49. The first-order chi connectivity index (χ1) is 12.5. The van der Waals surface area contributed by atoms with Crippen molar-refractivity contribution in [2.75, 3.05) is 19.5 Å². The Morgan fingerprint density at radius 3 is 2.42 bits per heavy atom. The monoisotopic (exact) mass is 374 g/mol. The molecule has 5 heteroatoms. The van der Waals surface area contributed by atoms with Crippen molar-refractivity contribution in [3.63, 3.8) is 0 Å². The van der Waals surface area contributed by atoms with Gasteiger partial charge in [0, 0.05) is 4.90 Å². The molecule has 4 nitrogen and oxygen atoms in total. The Balaban J connectivity index is 1.78. The molecule has 26 heavy (non-hydrogen) atoms. The van der Waals surface area contributed by atoms with Crippen LogP contribution >= 0.6 is 0 Å². The lowest BCUT2D eigenvalue weighted by Gasteiger charge is -2.10. The van der Waals surface area contributed by atoms with E-state index in [4.69, 9.17) is 9.47 Å². The van der Waals surface area contributed by atoms with Gasteiger partial charge in [-0.25, -0.2) is 0 Å². The van der Waals surface area contributed by atoms with Gasteiger partial charge in [-0.1, -0.05) is 35.9 Å². The smallest absolute Gasteiger partial charge is 0.118 e. The number of aliphatic hydroxyl groups excluding tert-OH is 1. The first kappa shape index (κ1) is 20.4. The number of rotatable bonds is 9. The van der Waals surface area contributed by atoms with E-state index in [1.807, 2.05) is 62.4 Å². The Morgan fingerprint density at radius 2 is 1.81 bits per heavy atom. The topological polar surface area (TPSA) is 55.8 Å².